The Morgan fingerprint density at radius 3 is 2.20 bits per heavy atom. The standard InChI is InChI=1S/C21H28N2O2/c1-14(21-11-16-7-17(12-21)9-18(8-16)13-21)22-23-20(24)10-15-3-5-19(25-2)6-4-15/h3-6,16-18H,7-13H2,1-2H3,(H,23,24)/b22-14-. The number of amides is 1. The predicted octanol–water partition coefficient (Wildman–Crippen LogP) is 3.95. The van der Waals surface area contributed by atoms with Gasteiger partial charge >= 0.3 is 0 Å². The van der Waals surface area contributed by atoms with Crippen LogP contribution in [0.25, 0.3) is 0 Å². The topological polar surface area (TPSA) is 50.7 Å². The minimum atomic E-state index is -0.0470. The molecule has 0 spiro atoms. The smallest absolute Gasteiger partial charge is 0.244 e. The van der Waals surface area contributed by atoms with Crippen molar-refractivity contribution in [1.82, 2.24) is 5.43 Å². The maximum absolute atomic E-state index is 12.2. The van der Waals surface area contributed by atoms with Crippen molar-refractivity contribution in [3.05, 3.63) is 29.8 Å². The molecule has 4 aliphatic carbocycles. The summed E-state index contributed by atoms with van der Waals surface area (Å²) in [5, 5.41) is 4.54. The van der Waals surface area contributed by atoms with Crippen LogP contribution in [-0.2, 0) is 11.2 Å². The van der Waals surface area contributed by atoms with Gasteiger partial charge in [-0.05, 0) is 80.9 Å². The summed E-state index contributed by atoms with van der Waals surface area (Å²) in [4.78, 5) is 12.2. The van der Waals surface area contributed by atoms with Gasteiger partial charge in [-0.2, -0.15) is 5.10 Å². The minimum absolute atomic E-state index is 0.0470. The monoisotopic (exact) mass is 340 g/mol. The van der Waals surface area contributed by atoms with Crippen LogP contribution in [0, 0.1) is 23.2 Å². The molecule has 0 radical (unpaired) electrons. The highest BCUT2D eigenvalue weighted by Gasteiger charge is 2.52. The number of methoxy groups -OCH3 is 1. The molecule has 0 unspecified atom stereocenters. The van der Waals surface area contributed by atoms with Gasteiger partial charge in [-0.15, -0.1) is 0 Å². The van der Waals surface area contributed by atoms with E-state index in [-0.39, 0.29) is 11.3 Å². The average molecular weight is 340 g/mol. The van der Waals surface area contributed by atoms with Gasteiger partial charge in [0.1, 0.15) is 5.75 Å². The van der Waals surface area contributed by atoms with E-state index in [1.807, 2.05) is 24.3 Å². The van der Waals surface area contributed by atoms with Crippen molar-refractivity contribution in [2.45, 2.75) is 51.9 Å². The highest BCUT2D eigenvalue weighted by molar-refractivity contribution is 5.90. The van der Waals surface area contributed by atoms with E-state index in [0.29, 0.717) is 6.42 Å². The SMILES string of the molecule is COc1ccc(CC(=O)N/N=C(/C)C23CC4CC(CC(C4)C2)C3)cc1. The van der Waals surface area contributed by atoms with Crippen molar-refractivity contribution in [3.63, 3.8) is 0 Å². The first kappa shape index (κ1) is 16.6. The molecule has 4 fully saturated rings. The molecule has 1 aromatic rings. The van der Waals surface area contributed by atoms with Gasteiger partial charge in [0.2, 0.25) is 5.91 Å². The Labute approximate surface area is 150 Å². The molecule has 0 aliphatic heterocycles. The summed E-state index contributed by atoms with van der Waals surface area (Å²) in [6.07, 6.45) is 8.47. The van der Waals surface area contributed by atoms with Crippen molar-refractivity contribution >= 4 is 11.6 Å². The van der Waals surface area contributed by atoms with Gasteiger partial charge in [0.25, 0.3) is 0 Å². The second kappa shape index (κ2) is 6.47. The normalized spacial score (nSPS) is 33.4. The molecule has 4 aliphatic rings. The van der Waals surface area contributed by atoms with Crippen molar-refractivity contribution in [3.8, 4) is 5.75 Å². The van der Waals surface area contributed by atoms with Gasteiger partial charge in [-0.3, -0.25) is 4.79 Å². The quantitative estimate of drug-likeness (QED) is 0.652. The maximum atomic E-state index is 12.2. The third-order valence-corrected chi connectivity index (χ3v) is 6.68. The first-order chi connectivity index (χ1) is 12.1. The van der Waals surface area contributed by atoms with Crippen molar-refractivity contribution in [2.24, 2.45) is 28.3 Å². The van der Waals surface area contributed by atoms with Gasteiger partial charge in [0, 0.05) is 11.1 Å². The van der Waals surface area contributed by atoms with E-state index < -0.39 is 0 Å². The van der Waals surface area contributed by atoms with Crippen LogP contribution in [0.1, 0.15) is 51.0 Å². The molecule has 4 nitrogen and oxygen atoms in total. The summed E-state index contributed by atoms with van der Waals surface area (Å²) in [5.41, 5.74) is 5.19. The van der Waals surface area contributed by atoms with Crippen LogP contribution in [-0.4, -0.2) is 18.7 Å². The molecule has 5 rings (SSSR count). The number of hydrogen-bond donors (Lipinski definition) is 1. The maximum Gasteiger partial charge on any atom is 0.244 e. The third kappa shape index (κ3) is 3.31. The Morgan fingerprint density at radius 1 is 1.12 bits per heavy atom. The lowest BCUT2D eigenvalue weighted by Crippen LogP contribution is -2.49. The summed E-state index contributed by atoms with van der Waals surface area (Å²) >= 11 is 0. The predicted molar refractivity (Wildman–Crippen MR) is 98.6 cm³/mol. The first-order valence-electron chi connectivity index (χ1n) is 9.53. The van der Waals surface area contributed by atoms with Gasteiger partial charge < -0.3 is 4.74 Å². The van der Waals surface area contributed by atoms with Crippen molar-refractivity contribution < 1.29 is 9.53 Å². The molecular weight excluding hydrogens is 312 g/mol. The molecule has 0 atom stereocenters. The highest BCUT2D eigenvalue weighted by Crippen LogP contribution is 2.60. The van der Waals surface area contributed by atoms with E-state index in [0.717, 1.165) is 34.8 Å². The average Bonchev–Trinajstić information content (AvgIpc) is 2.59. The molecule has 0 heterocycles. The lowest BCUT2D eigenvalue weighted by molar-refractivity contribution is -0.120. The summed E-state index contributed by atoms with van der Waals surface area (Å²) in [7, 11) is 1.64. The number of benzene rings is 1. The number of hydrazone groups is 1. The van der Waals surface area contributed by atoms with E-state index in [1.54, 1.807) is 7.11 Å². The molecule has 0 saturated heterocycles. The van der Waals surface area contributed by atoms with Crippen LogP contribution < -0.4 is 10.2 Å². The van der Waals surface area contributed by atoms with Gasteiger partial charge in [-0.1, -0.05) is 12.1 Å². The van der Waals surface area contributed by atoms with E-state index in [4.69, 9.17) is 4.74 Å². The second-order valence-electron chi connectivity index (χ2n) is 8.45. The molecule has 134 valence electrons. The van der Waals surface area contributed by atoms with Crippen molar-refractivity contribution in [1.29, 1.82) is 0 Å². The summed E-state index contributed by atoms with van der Waals surface area (Å²) in [6.45, 7) is 2.13. The second-order valence-corrected chi connectivity index (χ2v) is 8.45. The fourth-order valence-electron chi connectivity index (χ4n) is 5.79. The van der Waals surface area contributed by atoms with Crippen LogP contribution in [0.5, 0.6) is 5.75 Å². The lowest BCUT2D eigenvalue weighted by Gasteiger charge is -2.56. The number of nitrogens with zero attached hydrogens (tertiary/aromatic N) is 1. The first-order valence-corrected chi connectivity index (χ1v) is 9.53. The zero-order valence-corrected chi connectivity index (χ0v) is 15.3. The number of carbonyl (C=O) groups is 1. The van der Waals surface area contributed by atoms with Crippen LogP contribution >= 0.6 is 0 Å². The van der Waals surface area contributed by atoms with Crippen molar-refractivity contribution in [2.75, 3.05) is 7.11 Å². The van der Waals surface area contributed by atoms with Crippen LogP contribution in [0.2, 0.25) is 0 Å². The Hall–Kier alpha value is -1.84. The number of carbonyl (C=O) groups excluding carboxylic acids is 1. The number of ether oxygens (including phenoxy) is 1. The fraction of sp³-hybridized carbons (Fsp3) is 0.619. The largest absolute Gasteiger partial charge is 0.497 e. The molecule has 25 heavy (non-hydrogen) atoms. The third-order valence-electron chi connectivity index (χ3n) is 6.68. The molecule has 1 N–H and O–H groups in total. The van der Waals surface area contributed by atoms with E-state index in [2.05, 4.69) is 17.5 Å². The van der Waals surface area contributed by atoms with E-state index >= 15 is 0 Å². The van der Waals surface area contributed by atoms with Gasteiger partial charge in [-0.25, -0.2) is 5.43 Å². The van der Waals surface area contributed by atoms with Gasteiger partial charge in [0.15, 0.2) is 0 Å². The molecule has 4 saturated carbocycles. The molecule has 1 amide bonds. The van der Waals surface area contributed by atoms with Crippen LogP contribution in [0.15, 0.2) is 29.4 Å². The van der Waals surface area contributed by atoms with Crippen LogP contribution in [0.3, 0.4) is 0 Å². The number of nitrogens with one attached hydrogen (secondary N) is 1. The Kier molecular flexibility index (Phi) is 4.30. The summed E-state index contributed by atoms with van der Waals surface area (Å²) in [6, 6.07) is 7.61. The van der Waals surface area contributed by atoms with E-state index in [9.17, 15) is 4.79 Å². The fourth-order valence-corrected chi connectivity index (χ4v) is 5.79. The summed E-state index contributed by atoms with van der Waals surface area (Å²) < 4.78 is 5.15. The van der Waals surface area contributed by atoms with E-state index in [1.165, 1.54) is 38.5 Å². The zero-order valence-electron chi connectivity index (χ0n) is 15.3. The molecule has 0 aromatic heterocycles. The Bertz CT molecular complexity index is 642. The summed E-state index contributed by atoms with van der Waals surface area (Å²) in [5.74, 6) is 3.44. The van der Waals surface area contributed by atoms with Crippen LogP contribution in [0.4, 0.5) is 0 Å². The molecule has 1 aromatic carbocycles. The molecule has 4 bridgehead atoms. The number of hydrogen-bond acceptors (Lipinski definition) is 3. The Balaban J connectivity index is 1.38. The number of rotatable bonds is 5. The molecule has 4 heteroatoms. The zero-order chi connectivity index (χ0) is 17.4. The minimum Gasteiger partial charge on any atom is -0.497 e. The van der Waals surface area contributed by atoms with Gasteiger partial charge in [0.05, 0.1) is 13.5 Å². The Morgan fingerprint density at radius 2 is 1.68 bits per heavy atom. The lowest BCUT2D eigenvalue weighted by atomic mass is 9.48. The molecular formula is C21H28N2O2. The highest BCUT2D eigenvalue weighted by atomic mass is 16.5.